The lowest BCUT2D eigenvalue weighted by Crippen LogP contribution is -2.34. The molecule has 0 fully saturated rings. The third-order valence-corrected chi connectivity index (χ3v) is 3.78. The summed E-state index contributed by atoms with van der Waals surface area (Å²) in [6.07, 6.45) is 0. The van der Waals surface area contributed by atoms with Gasteiger partial charge in [0.25, 0.3) is 0 Å². The summed E-state index contributed by atoms with van der Waals surface area (Å²) < 4.78 is 0. The number of halogens is 1. The Labute approximate surface area is 127 Å². The zero-order valence-corrected chi connectivity index (χ0v) is 12.7. The van der Waals surface area contributed by atoms with Crippen molar-refractivity contribution in [3.05, 3.63) is 51.7 Å². The third-order valence-electron chi connectivity index (χ3n) is 3.22. The Hall–Kier alpha value is -1.74. The number of carbonyl (C=O) groups is 1. The van der Waals surface area contributed by atoms with Crippen LogP contribution in [0.5, 0.6) is 0 Å². The molecule has 0 bridgehead atoms. The van der Waals surface area contributed by atoms with Crippen LogP contribution in [0.1, 0.15) is 25.3 Å². The average molecular weight is 305 g/mol. The minimum absolute atomic E-state index is 0.0600. The van der Waals surface area contributed by atoms with Crippen molar-refractivity contribution < 1.29 is 4.79 Å². The minimum atomic E-state index is -0.391. The average Bonchev–Trinajstić information content (AvgIpc) is 2.37. The van der Waals surface area contributed by atoms with Crippen LogP contribution in [0, 0.1) is 5.41 Å². The summed E-state index contributed by atoms with van der Waals surface area (Å²) in [6, 6.07) is 7.24. The summed E-state index contributed by atoms with van der Waals surface area (Å²) in [7, 11) is 0. The van der Waals surface area contributed by atoms with Gasteiger partial charge < -0.3 is 5.32 Å². The molecular formula is C15H13ClN2OS. The standard InChI is InChI=1S/C15H13ClN2OS/c1-8-13(9(2)19)14(12(7-17)15(20)18-8)10-4-3-5-11(16)6-10/h3-6,14,17H,1-2H3,(H,18,20). The molecular weight excluding hydrogens is 292 g/mol. The van der Waals surface area contributed by atoms with Crippen LogP contribution in [-0.2, 0) is 4.79 Å². The minimum Gasteiger partial charge on any atom is -0.349 e. The predicted molar refractivity (Wildman–Crippen MR) is 84.5 cm³/mol. The lowest BCUT2D eigenvalue weighted by atomic mass is 9.80. The van der Waals surface area contributed by atoms with Crippen LogP contribution in [0.3, 0.4) is 0 Å². The second-order valence-electron chi connectivity index (χ2n) is 4.58. The van der Waals surface area contributed by atoms with E-state index in [4.69, 9.17) is 29.2 Å². The van der Waals surface area contributed by atoms with Crippen molar-refractivity contribution in [2.75, 3.05) is 0 Å². The highest BCUT2D eigenvalue weighted by atomic mass is 35.5. The third kappa shape index (κ3) is 2.59. The van der Waals surface area contributed by atoms with Gasteiger partial charge in [0.15, 0.2) is 5.78 Å². The highest BCUT2D eigenvalue weighted by molar-refractivity contribution is 7.80. The van der Waals surface area contributed by atoms with Crippen LogP contribution in [-0.4, -0.2) is 16.6 Å². The van der Waals surface area contributed by atoms with E-state index in [1.165, 1.54) is 6.92 Å². The van der Waals surface area contributed by atoms with Crippen molar-refractivity contribution in [1.82, 2.24) is 5.32 Å². The second-order valence-corrected chi connectivity index (χ2v) is 5.42. The monoisotopic (exact) mass is 304 g/mol. The SMILES string of the molecule is CC(=O)C1=C(C)NC(=S)C(=C=N)C1c1cccc(Cl)c1. The fourth-order valence-corrected chi connectivity index (χ4v) is 2.93. The Balaban J connectivity index is 2.71. The topological polar surface area (TPSA) is 53.0 Å². The maximum Gasteiger partial charge on any atom is 0.158 e. The van der Waals surface area contributed by atoms with Gasteiger partial charge in [0.05, 0.1) is 11.5 Å². The summed E-state index contributed by atoms with van der Waals surface area (Å²) in [5.41, 5.74) is 2.63. The molecule has 1 aliphatic rings. The van der Waals surface area contributed by atoms with E-state index in [2.05, 4.69) is 11.2 Å². The van der Waals surface area contributed by atoms with Crippen molar-refractivity contribution in [2.45, 2.75) is 19.8 Å². The first kappa shape index (κ1) is 14.7. The Morgan fingerprint density at radius 3 is 2.75 bits per heavy atom. The quantitative estimate of drug-likeness (QED) is 0.500. The molecule has 20 heavy (non-hydrogen) atoms. The molecule has 0 saturated heterocycles. The first-order valence-electron chi connectivity index (χ1n) is 6.03. The number of allylic oxidation sites excluding steroid dienone is 2. The fourth-order valence-electron chi connectivity index (χ4n) is 2.41. The van der Waals surface area contributed by atoms with Crippen LogP contribution >= 0.6 is 23.8 Å². The molecule has 1 aliphatic heterocycles. The van der Waals surface area contributed by atoms with Gasteiger partial charge in [-0.15, -0.1) is 0 Å². The van der Waals surface area contributed by atoms with E-state index in [0.717, 1.165) is 5.56 Å². The molecule has 0 radical (unpaired) electrons. The molecule has 1 aromatic carbocycles. The molecule has 2 rings (SSSR count). The van der Waals surface area contributed by atoms with Gasteiger partial charge in [0, 0.05) is 16.3 Å². The van der Waals surface area contributed by atoms with Gasteiger partial charge >= 0.3 is 0 Å². The van der Waals surface area contributed by atoms with E-state index in [1.807, 2.05) is 12.1 Å². The molecule has 1 atom stereocenters. The van der Waals surface area contributed by atoms with E-state index in [9.17, 15) is 4.79 Å². The highest BCUT2D eigenvalue weighted by Crippen LogP contribution is 2.37. The number of hydrogen-bond acceptors (Lipinski definition) is 3. The Morgan fingerprint density at radius 2 is 2.20 bits per heavy atom. The first-order chi connectivity index (χ1) is 9.45. The van der Waals surface area contributed by atoms with Crippen molar-refractivity contribution in [3.63, 3.8) is 0 Å². The van der Waals surface area contributed by atoms with E-state index >= 15 is 0 Å². The number of Topliss-reactive ketones (excluding diaryl/α,β-unsaturated/α-hetero) is 1. The molecule has 1 heterocycles. The van der Waals surface area contributed by atoms with Gasteiger partial charge in [-0.2, -0.15) is 0 Å². The summed E-state index contributed by atoms with van der Waals surface area (Å²) in [5.74, 6) is 1.91. The van der Waals surface area contributed by atoms with Gasteiger partial charge in [0.2, 0.25) is 0 Å². The second kappa shape index (κ2) is 5.71. The summed E-state index contributed by atoms with van der Waals surface area (Å²) >= 11 is 11.3. The highest BCUT2D eigenvalue weighted by Gasteiger charge is 2.33. The predicted octanol–water partition coefficient (Wildman–Crippen LogP) is 3.39. The Kier molecular flexibility index (Phi) is 4.19. The van der Waals surface area contributed by atoms with E-state index < -0.39 is 5.92 Å². The number of carbonyl (C=O) groups excluding carboxylic acids is 1. The number of ketones is 1. The van der Waals surface area contributed by atoms with Gasteiger partial charge in [0.1, 0.15) is 4.99 Å². The van der Waals surface area contributed by atoms with Crippen LogP contribution in [0.25, 0.3) is 0 Å². The number of hydrogen-bond donors (Lipinski definition) is 2. The molecule has 0 aromatic heterocycles. The Bertz CT molecular complexity index is 687. The van der Waals surface area contributed by atoms with Gasteiger partial charge in [-0.1, -0.05) is 36.0 Å². The molecule has 102 valence electrons. The molecule has 5 heteroatoms. The summed E-state index contributed by atoms with van der Waals surface area (Å²) in [6.45, 7) is 3.31. The van der Waals surface area contributed by atoms with Gasteiger partial charge in [-0.25, -0.2) is 0 Å². The smallest absolute Gasteiger partial charge is 0.158 e. The zero-order valence-electron chi connectivity index (χ0n) is 11.1. The zero-order chi connectivity index (χ0) is 14.9. The van der Waals surface area contributed by atoms with Crippen LogP contribution in [0.15, 0.2) is 41.1 Å². The largest absolute Gasteiger partial charge is 0.349 e. The molecule has 1 aromatic rings. The van der Waals surface area contributed by atoms with Gasteiger partial charge in [-0.05, 0) is 37.4 Å². The lowest BCUT2D eigenvalue weighted by Gasteiger charge is -2.29. The van der Waals surface area contributed by atoms with Gasteiger partial charge in [-0.3, -0.25) is 10.2 Å². The molecule has 0 saturated carbocycles. The van der Waals surface area contributed by atoms with Crippen LogP contribution < -0.4 is 5.32 Å². The summed E-state index contributed by atoms with van der Waals surface area (Å²) in [4.78, 5) is 12.4. The maximum atomic E-state index is 12.0. The molecule has 0 spiro atoms. The molecule has 0 aliphatic carbocycles. The van der Waals surface area contributed by atoms with Crippen LogP contribution in [0.4, 0.5) is 0 Å². The number of benzene rings is 1. The van der Waals surface area contributed by atoms with E-state index in [-0.39, 0.29) is 5.78 Å². The van der Waals surface area contributed by atoms with Crippen molar-refractivity contribution in [3.8, 4) is 0 Å². The fraction of sp³-hybridized carbons (Fsp3) is 0.200. The van der Waals surface area contributed by atoms with Crippen molar-refractivity contribution in [2.24, 2.45) is 0 Å². The Morgan fingerprint density at radius 1 is 1.50 bits per heavy atom. The number of nitrogens with one attached hydrogen (secondary N) is 2. The van der Waals surface area contributed by atoms with E-state index in [0.29, 0.717) is 26.9 Å². The normalized spacial score (nSPS) is 18.6. The molecule has 0 amide bonds. The van der Waals surface area contributed by atoms with E-state index in [1.54, 1.807) is 19.1 Å². The van der Waals surface area contributed by atoms with Crippen molar-refractivity contribution >= 4 is 40.5 Å². The molecule has 1 unspecified atom stereocenters. The first-order valence-corrected chi connectivity index (χ1v) is 6.82. The molecule has 2 N–H and O–H groups in total. The molecule has 3 nitrogen and oxygen atoms in total. The number of rotatable bonds is 2. The number of thiocarbonyl (C=S) groups is 1. The van der Waals surface area contributed by atoms with Crippen LogP contribution in [0.2, 0.25) is 5.02 Å². The lowest BCUT2D eigenvalue weighted by molar-refractivity contribution is -0.113. The maximum absolute atomic E-state index is 12.0. The van der Waals surface area contributed by atoms with Crippen molar-refractivity contribution in [1.29, 1.82) is 5.41 Å². The summed E-state index contributed by atoms with van der Waals surface area (Å²) in [5, 5.41) is 11.0.